The first-order valence-electron chi connectivity index (χ1n) is 6.84. The molecular weight excluding hydrogens is 236 g/mol. The third-order valence-electron chi connectivity index (χ3n) is 4.00. The monoisotopic (exact) mass is 256 g/mol. The minimum Gasteiger partial charge on any atom is -0.307 e. The first-order valence-corrected chi connectivity index (χ1v) is 6.84. The van der Waals surface area contributed by atoms with E-state index in [1.54, 1.807) is 6.20 Å². The molecule has 4 heteroatoms. The fourth-order valence-corrected chi connectivity index (χ4v) is 2.48. The van der Waals surface area contributed by atoms with Gasteiger partial charge >= 0.3 is 0 Å². The van der Waals surface area contributed by atoms with Crippen LogP contribution < -0.4 is 5.32 Å². The third-order valence-corrected chi connectivity index (χ3v) is 4.00. The van der Waals surface area contributed by atoms with Gasteiger partial charge in [0.2, 0.25) is 0 Å². The Morgan fingerprint density at radius 3 is 2.89 bits per heavy atom. The van der Waals surface area contributed by atoms with Gasteiger partial charge in [0.1, 0.15) is 0 Å². The van der Waals surface area contributed by atoms with Crippen LogP contribution in [-0.4, -0.2) is 20.7 Å². The molecule has 0 radical (unpaired) electrons. The highest BCUT2D eigenvalue weighted by atomic mass is 15.1. The van der Waals surface area contributed by atoms with E-state index in [9.17, 15) is 0 Å². The van der Waals surface area contributed by atoms with Crippen LogP contribution in [0.5, 0.6) is 0 Å². The van der Waals surface area contributed by atoms with Gasteiger partial charge in [-0.05, 0) is 44.7 Å². The lowest BCUT2D eigenvalue weighted by atomic mass is 9.98. The molecule has 1 fully saturated rings. The molecule has 2 heterocycles. The van der Waals surface area contributed by atoms with E-state index < -0.39 is 0 Å². The van der Waals surface area contributed by atoms with Gasteiger partial charge in [0.15, 0.2) is 0 Å². The molecular formula is C15H20N4. The lowest BCUT2D eigenvalue weighted by Gasteiger charge is -2.26. The molecule has 2 N–H and O–H groups in total. The molecule has 0 amide bonds. The number of aromatic amines is 1. The summed E-state index contributed by atoms with van der Waals surface area (Å²) < 4.78 is 0. The van der Waals surface area contributed by atoms with Crippen molar-refractivity contribution >= 4 is 0 Å². The Balaban J connectivity index is 1.74. The second-order valence-corrected chi connectivity index (χ2v) is 5.86. The molecule has 0 aliphatic heterocycles. The summed E-state index contributed by atoms with van der Waals surface area (Å²) in [5.74, 6) is 0.821. The van der Waals surface area contributed by atoms with Gasteiger partial charge in [0, 0.05) is 35.6 Å². The van der Waals surface area contributed by atoms with Crippen molar-refractivity contribution in [1.29, 1.82) is 0 Å². The largest absolute Gasteiger partial charge is 0.307 e. The van der Waals surface area contributed by atoms with E-state index in [-0.39, 0.29) is 5.54 Å². The average Bonchev–Trinajstić information content (AvgIpc) is 3.18. The van der Waals surface area contributed by atoms with Gasteiger partial charge in [-0.3, -0.25) is 10.1 Å². The van der Waals surface area contributed by atoms with Crippen molar-refractivity contribution in [3.05, 3.63) is 36.3 Å². The van der Waals surface area contributed by atoms with Crippen molar-refractivity contribution in [2.45, 2.75) is 38.8 Å². The Hall–Kier alpha value is -1.68. The van der Waals surface area contributed by atoms with Crippen LogP contribution in [0.15, 0.2) is 30.7 Å². The number of pyridine rings is 1. The first kappa shape index (κ1) is 12.4. The summed E-state index contributed by atoms with van der Waals surface area (Å²) in [6.07, 6.45) is 8.25. The summed E-state index contributed by atoms with van der Waals surface area (Å²) in [5, 5.41) is 10.9. The topological polar surface area (TPSA) is 53.6 Å². The second-order valence-electron chi connectivity index (χ2n) is 5.86. The maximum Gasteiger partial charge on any atom is 0.0710 e. The normalized spacial score (nSPS) is 15.7. The molecule has 2 aromatic heterocycles. The van der Waals surface area contributed by atoms with E-state index in [1.165, 1.54) is 18.4 Å². The zero-order valence-corrected chi connectivity index (χ0v) is 11.5. The number of hydrogen-bond acceptors (Lipinski definition) is 3. The van der Waals surface area contributed by atoms with Crippen LogP contribution in [-0.2, 0) is 6.54 Å². The molecule has 0 unspecified atom stereocenters. The number of rotatable bonds is 5. The summed E-state index contributed by atoms with van der Waals surface area (Å²) in [5.41, 5.74) is 3.55. The van der Waals surface area contributed by atoms with E-state index in [2.05, 4.69) is 40.4 Å². The molecule has 0 spiro atoms. The molecule has 3 rings (SSSR count). The fraction of sp³-hybridized carbons (Fsp3) is 0.467. The highest BCUT2D eigenvalue weighted by molar-refractivity contribution is 5.61. The average molecular weight is 256 g/mol. The minimum atomic E-state index is 0.212. The zero-order chi connectivity index (χ0) is 13.3. The van der Waals surface area contributed by atoms with E-state index in [4.69, 9.17) is 0 Å². The molecule has 1 aliphatic carbocycles. The van der Waals surface area contributed by atoms with Gasteiger partial charge < -0.3 is 5.32 Å². The highest BCUT2D eigenvalue weighted by Gasteiger charge is 2.37. The van der Waals surface area contributed by atoms with Gasteiger partial charge in [-0.2, -0.15) is 5.10 Å². The van der Waals surface area contributed by atoms with Gasteiger partial charge in [-0.25, -0.2) is 0 Å². The van der Waals surface area contributed by atoms with E-state index in [0.29, 0.717) is 0 Å². The maximum atomic E-state index is 4.17. The summed E-state index contributed by atoms with van der Waals surface area (Å²) in [6, 6.07) is 4.00. The highest BCUT2D eigenvalue weighted by Crippen LogP contribution is 2.39. The summed E-state index contributed by atoms with van der Waals surface area (Å²) >= 11 is 0. The molecule has 0 bridgehead atoms. The van der Waals surface area contributed by atoms with Crippen molar-refractivity contribution < 1.29 is 0 Å². The molecule has 0 aromatic carbocycles. The van der Waals surface area contributed by atoms with E-state index >= 15 is 0 Å². The Kier molecular flexibility index (Phi) is 3.11. The van der Waals surface area contributed by atoms with Crippen molar-refractivity contribution in [2.75, 3.05) is 0 Å². The summed E-state index contributed by atoms with van der Waals surface area (Å²) in [6.45, 7) is 5.41. The Bertz CT molecular complexity index is 540. The fourth-order valence-electron chi connectivity index (χ4n) is 2.48. The number of nitrogens with zero attached hydrogens (tertiary/aromatic N) is 2. The molecule has 0 atom stereocenters. The second kappa shape index (κ2) is 4.78. The predicted octanol–water partition coefficient (Wildman–Crippen LogP) is 2.75. The lowest BCUT2D eigenvalue weighted by molar-refractivity contribution is 0.339. The smallest absolute Gasteiger partial charge is 0.0710 e. The molecule has 100 valence electrons. The van der Waals surface area contributed by atoms with Crippen LogP contribution in [0.1, 0.15) is 32.3 Å². The Labute approximate surface area is 113 Å². The molecule has 19 heavy (non-hydrogen) atoms. The minimum absolute atomic E-state index is 0.212. The Morgan fingerprint density at radius 1 is 1.37 bits per heavy atom. The van der Waals surface area contributed by atoms with Gasteiger partial charge in [0.25, 0.3) is 0 Å². The Morgan fingerprint density at radius 2 is 2.21 bits per heavy atom. The van der Waals surface area contributed by atoms with Crippen molar-refractivity contribution in [2.24, 2.45) is 5.92 Å². The molecule has 4 nitrogen and oxygen atoms in total. The summed E-state index contributed by atoms with van der Waals surface area (Å²) in [4.78, 5) is 4.16. The van der Waals surface area contributed by atoms with E-state index in [1.807, 2.05) is 18.5 Å². The number of aromatic nitrogens is 3. The molecule has 2 aromatic rings. The van der Waals surface area contributed by atoms with Crippen molar-refractivity contribution in [3.8, 4) is 11.3 Å². The van der Waals surface area contributed by atoms with Gasteiger partial charge in [-0.1, -0.05) is 0 Å². The third kappa shape index (κ3) is 2.68. The van der Waals surface area contributed by atoms with Gasteiger partial charge in [0.05, 0.1) is 11.9 Å². The van der Waals surface area contributed by atoms with Crippen LogP contribution in [0.25, 0.3) is 11.3 Å². The number of H-pyrrole nitrogens is 1. The quantitative estimate of drug-likeness (QED) is 0.865. The van der Waals surface area contributed by atoms with Crippen LogP contribution in [0.4, 0.5) is 0 Å². The predicted molar refractivity (Wildman–Crippen MR) is 75.5 cm³/mol. The SMILES string of the molecule is CC(C)(NCc1cn[nH]c1-c1cccnc1)C1CC1. The van der Waals surface area contributed by atoms with E-state index in [0.717, 1.165) is 23.7 Å². The van der Waals surface area contributed by atoms with Crippen molar-refractivity contribution in [3.63, 3.8) is 0 Å². The van der Waals surface area contributed by atoms with Crippen LogP contribution in [0.2, 0.25) is 0 Å². The first-order chi connectivity index (χ1) is 9.17. The lowest BCUT2D eigenvalue weighted by Crippen LogP contribution is -2.40. The van der Waals surface area contributed by atoms with Crippen LogP contribution in [0.3, 0.4) is 0 Å². The van der Waals surface area contributed by atoms with Gasteiger partial charge in [-0.15, -0.1) is 0 Å². The van der Waals surface area contributed by atoms with Crippen LogP contribution in [0, 0.1) is 5.92 Å². The standard InChI is InChI=1S/C15H20N4/c1-15(2,13-5-6-13)17-9-12-10-18-19-14(12)11-4-3-7-16-8-11/h3-4,7-8,10,13,17H,5-6,9H2,1-2H3,(H,18,19). The maximum absolute atomic E-state index is 4.17. The van der Waals surface area contributed by atoms with Crippen LogP contribution >= 0.6 is 0 Å². The number of nitrogens with one attached hydrogen (secondary N) is 2. The molecule has 1 saturated carbocycles. The zero-order valence-electron chi connectivity index (χ0n) is 11.5. The molecule has 1 aliphatic rings. The summed E-state index contributed by atoms with van der Waals surface area (Å²) in [7, 11) is 0. The molecule has 0 saturated heterocycles. The number of hydrogen-bond donors (Lipinski definition) is 2. The van der Waals surface area contributed by atoms with Crippen molar-refractivity contribution in [1.82, 2.24) is 20.5 Å².